The molecule has 2 aromatic rings. The zero-order chi connectivity index (χ0) is 13.0. The third-order valence-corrected chi connectivity index (χ3v) is 2.70. The average Bonchev–Trinajstić information content (AvgIpc) is 2.41. The first-order valence-corrected chi connectivity index (χ1v) is 5.66. The molecule has 1 aromatic carbocycles. The van der Waals surface area contributed by atoms with Crippen LogP contribution in [0.5, 0.6) is 0 Å². The number of aromatic nitrogens is 1. The number of hydrogen-bond donors (Lipinski definition) is 2. The highest BCUT2D eigenvalue weighted by atomic mass is 16.5. The smallest absolute Gasteiger partial charge is 0.307 e. The first-order chi connectivity index (χ1) is 8.72. The summed E-state index contributed by atoms with van der Waals surface area (Å²) in [6.45, 7) is 0.489. The van der Waals surface area contributed by atoms with E-state index in [2.05, 4.69) is 15.0 Å². The van der Waals surface area contributed by atoms with Gasteiger partial charge >= 0.3 is 5.97 Å². The summed E-state index contributed by atoms with van der Waals surface area (Å²) in [5.74, 6) is -0.247. The number of nitrogen functional groups attached to an aromatic ring is 1. The van der Waals surface area contributed by atoms with Gasteiger partial charge in [-0.15, -0.1) is 0 Å². The molecule has 0 saturated carbocycles. The van der Waals surface area contributed by atoms with Crippen molar-refractivity contribution in [3.05, 3.63) is 30.5 Å². The highest BCUT2D eigenvalue weighted by Crippen LogP contribution is 2.27. The predicted octanol–water partition coefficient (Wildman–Crippen LogP) is 1.79. The predicted molar refractivity (Wildman–Crippen MR) is 71.3 cm³/mol. The van der Waals surface area contributed by atoms with E-state index in [1.807, 2.05) is 24.3 Å². The molecule has 0 amide bonds. The number of methoxy groups -OCH3 is 1. The summed E-state index contributed by atoms with van der Waals surface area (Å²) in [6.07, 6.45) is 2.03. The molecule has 0 atom stereocenters. The molecule has 5 heteroatoms. The topological polar surface area (TPSA) is 77.2 Å². The van der Waals surface area contributed by atoms with E-state index in [0.29, 0.717) is 18.7 Å². The number of ether oxygens (including phenoxy) is 1. The lowest BCUT2D eigenvalue weighted by Crippen LogP contribution is -2.10. The molecule has 2 rings (SSSR count). The van der Waals surface area contributed by atoms with Crippen molar-refractivity contribution in [2.75, 3.05) is 24.7 Å². The van der Waals surface area contributed by atoms with Gasteiger partial charge in [0, 0.05) is 18.1 Å². The third kappa shape index (κ3) is 2.51. The van der Waals surface area contributed by atoms with Gasteiger partial charge in [-0.25, -0.2) is 0 Å². The lowest BCUT2D eigenvalue weighted by Gasteiger charge is -2.10. The van der Waals surface area contributed by atoms with Gasteiger partial charge in [0.1, 0.15) is 0 Å². The molecule has 0 saturated heterocycles. The number of nitrogens with zero attached hydrogens (tertiary/aromatic N) is 1. The Kier molecular flexibility index (Phi) is 3.62. The fourth-order valence-electron chi connectivity index (χ4n) is 1.73. The van der Waals surface area contributed by atoms with E-state index in [4.69, 9.17) is 5.73 Å². The Hall–Kier alpha value is -2.30. The Balaban J connectivity index is 2.14. The molecule has 0 aliphatic heterocycles. The van der Waals surface area contributed by atoms with Gasteiger partial charge in [0.05, 0.1) is 30.4 Å². The Morgan fingerprint density at radius 3 is 3.06 bits per heavy atom. The maximum Gasteiger partial charge on any atom is 0.307 e. The second kappa shape index (κ2) is 5.35. The highest BCUT2D eigenvalue weighted by Gasteiger charge is 2.05. The molecule has 3 N–H and O–H groups in total. The Labute approximate surface area is 105 Å². The summed E-state index contributed by atoms with van der Waals surface area (Å²) in [7, 11) is 1.37. The van der Waals surface area contributed by atoms with Gasteiger partial charge in [-0.05, 0) is 24.3 Å². The first kappa shape index (κ1) is 12.2. The number of fused-ring (bicyclic) bond motifs is 1. The molecule has 1 aromatic heterocycles. The number of pyridine rings is 1. The SMILES string of the molecule is COC(=O)CCNc1ccc2ncccc2c1N. The lowest BCUT2D eigenvalue weighted by atomic mass is 10.1. The number of rotatable bonds is 4. The van der Waals surface area contributed by atoms with Gasteiger partial charge in [0.2, 0.25) is 0 Å². The minimum Gasteiger partial charge on any atom is -0.469 e. The van der Waals surface area contributed by atoms with Gasteiger partial charge in [-0.1, -0.05) is 0 Å². The van der Waals surface area contributed by atoms with E-state index in [-0.39, 0.29) is 5.97 Å². The molecule has 0 fully saturated rings. The van der Waals surface area contributed by atoms with Crippen LogP contribution in [0.2, 0.25) is 0 Å². The van der Waals surface area contributed by atoms with Crippen LogP contribution in [0.4, 0.5) is 11.4 Å². The quantitative estimate of drug-likeness (QED) is 0.634. The number of benzene rings is 1. The van der Waals surface area contributed by atoms with Gasteiger partial charge < -0.3 is 15.8 Å². The fraction of sp³-hybridized carbons (Fsp3) is 0.231. The van der Waals surface area contributed by atoms with E-state index in [0.717, 1.165) is 16.6 Å². The van der Waals surface area contributed by atoms with Crippen molar-refractivity contribution in [2.45, 2.75) is 6.42 Å². The molecule has 0 bridgehead atoms. The van der Waals surface area contributed by atoms with Crippen LogP contribution in [0.25, 0.3) is 10.9 Å². The Bertz CT molecular complexity index is 569. The van der Waals surface area contributed by atoms with Crippen LogP contribution < -0.4 is 11.1 Å². The van der Waals surface area contributed by atoms with Crippen LogP contribution in [0.3, 0.4) is 0 Å². The number of anilines is 2. The van der Waals surface area contributed by atoms with Gasteiger partial charge in [-0.3, -0.25) is 9.78 Å². The van der Waals surface area contributed by atoms with Crippen LogP contribution in [-0.2, 0) is 9.53 Å². The van der Waals surface area contributed by atoms with Crippen molar-refractivity contribution in [1.82, 2.24) is 4.98 Å². The van der Waals surface area contributed by atoms with Crippen molar-refractivity contribution in [1.29, 1.82) is 0 Å². The number of carbonyl (C=O) groups excluding carboxylic acids is 1. The summed E-state index contributed by atoms with van der Waals surface area (Å²) in [4.78, 5) is 15.2. The molecule has 0 radical (unpaired) electrons. The third-order valence-electron chi connectivity index (χ3n) is 2.70. The van der Waals surface area contributed by atoms with E-state index in [9.17, 15) is 4.79 Å². The number of nitrogens with two attached hydrogens (primary N) is 1. The molecular weight excluding hydrogens is 230 g/mol. The van der Waals surface area contributed by atoms with Crippen LogP contribution in [0.15, 0.2) is 30.5 Å². The van der Waals surface area contributed by atoms with Gasteiger partial charge in [-0.2, -0.15) is 0 Å². The lowest BCUT2D eigenvalue weighted by molar-refractivity contribution is -0.140. The van der Waals surface area contributed by atoms with Crippen LogP contribution in [-0.4, -0.2) is 24.6 Å². The molecular formula is C13H15N3O2. The highest BCUT2D eigenvalue weighted by molar-refractivity contribution is 5.96. The van der Waals surface area contributed by atoms with Crippen LogP contribution in [0, 0.1) is 0 Å². The summed E-state index contributed by atoms with van der Waals surface area (Å²) < 4.78 is 4.57. The number of hydrogen-bond acceptors (Lipinski definition) is 5. The maximum absolute atomic E-state index is 11.0. The summed E-state index contributed by atoms with van der Waals surface area (Å²) in [5.41, 5.74) is 8.35. The standard InChI is InChI=1S/C13H15N3O2/c1-18-12(17)6-8-16-11-5-4-10-9(13(11)14)3-2-7-15-10/h2-5,7,16H,6,8,14H2,1H3. The molecule has 0 aliphatic rings. The van der Waals surface area contributed by atoms with Crippen molar-refractivity contribution >= 4 is 28.2 Å². The van der Waals surface area contributed by atoms with Gasteiger partial charge in [0.15, 0.2) is 0 Å². The van der Waals surface area contributed by atoms with Crippen molar-refractivity contribution in [2.24, 2.45) is 0 Å². The number of nitrogens with one attached hydrogen (secondary N) is 1. The largest absolute Gasteiger partial charge is 0.469 e. The van der Waals surface area contributed by atoms with E-state index in [1.54, 1.807) is 6.20 Å². The minimum absolute atomic E-state index is 0.247. The number of esters is 1. The molecule has 5 nitrogen and oxygen atoms in total. The maximum atomic E-state index is 11.0. The van der Waals surface area contributed by atoms with Crippen LogP contribution in [0.1, 0.15) is 6.42 Å². The van der Waals surface area contributed by atoms with Crippen molar-refractivity contribution in [3.63, 3.8) is 0 Å². The van der Waals surface area contributed by atoms with E-state index < -0.39 is 0 Å². The normalized spacial score (nSPS) is 10.3. The second-order valence-corrected chi connectivity index (χ2v) is 3.85. The molecule has 1 heterocycles. The second-order valence-electron chi connectivity index (χ2n) is 3.85. The number of carbonyl (C=O) groups is 1. The Morgan fingerprint density at radius 1 is 1.44 bits per heavy atom. The zero-order valence-corrected chi connectivity index (χ0v) is 10.1. The average molecular weight is 245 g/mol. The molecule has 0 spiro atoms. The summed E-state index contributed by atoms with van der Waals surface area (Å²) in [5, 5.41) is 4.02. The molecule has 0 unspecified atom stereocenters. The fourth-order valence-corrected chi connectivity index (χ4v) is 1.73. The minimum atomic E-state index is -0.247. The molecule has 0 aliphatic carbocycles. The van der Waals surface area contributed by atoms with E-state index in [1.165, 1.54) is 7.11 Å². The molecule has 18 heavy (non-hydrogen) atoms. The summed E-state index contributed by atoms with van der Waals surface area (Å²) in [6, 6.07) is 7.52. The van der Waals surface area contributed by atoms with Gasteiger partial charge in [0.25, 0.3) is 0 Å². The van der Waals surface area contributed by atoms with Crippen molar-refractivity contribution in [3.8, 4) is 0 Å². The summed E-state index contributed by atoms with van der Waals surface area (Å²) >= 11 is 0. The first-order valence-electron chi connectivity index (χ1n) is 5.66. The van der Waals surface area contributed by atoms with E-state index >= 15 is 0 Å². The zero-order valence-electron chi connectivity index (χ0n) is 10.1. The van der Waals surface area contributed by atoms with Crippen molar-refractivity contribution < 1.29 is 9.53 Å². The van der Waals surface area contributed by atoms with Crippen LogP contribution >= 0.6 is 0 Å². The monoisotopic (exact) mass is 245 g/mol. The Morgan fingerprint density at radius 2 is 2.28 bits per heavy atom. The molecule has 94 valence electrons.